The molecule has 0 atom stereocenters. The Hall–Kier alpha value is -3.48. The van der Waals surface area contributed by atoms with E-state index in [4.69, 9.17) is 0 Å². The molecule has 0 aliphatic carbocycles. The maximum absolute atomic E-state index is 12.9. The van der Waals surface area contributed by atoms with Crippen LogP contribution in [0.4, 0.5) is 10.1 Å². The van der Waals surface area contributed by atoms with Crippen LogP contribution < -0.4 is 11.2 Å². The van der Waals surface area contributed by atoms with Crippen molar-refractivity contribution >= 4 is 11.9 Å². The Morgan fingerprint density at radius 3 is 2.31 bits per heavy atom. The summed E-state index contributed by atoms with van der Waals surface area (Å²) < 4.78 is 14.0. The molecule has 6 nitrogen and oxygen atoms in total. The van der Waals surface area contributed by atoms with Gasteiger partial charge < -0.3 is 5.11 Å². The van der Waals surface area contributed by atoms with Gasteiger partial charge in [-0.15, -0.1) is 0 Å². The first kappa shape index (κ1) is 17.3. The van der Waals surface area contributed by atoms with E-state index in [1.807, 2.05) is 19.9 Å². The van der Waals surface area contributed by atoms with Crippen molar-refractivity contribution in [1.29, 1.82) is 0 Å². The maximum Gasteiger partial charge on any atom is 0.335 e. The van der Waals surface area contributed by atoms with Crippen molar-refractivity contribution in [2.45, 2.75) is 13.8 Å². The highest BCUT2D eigenvalue weighted by atomic mass is 19.1. The van der Waals surface area contributed by atoms with Crippen LogP contribution in [0.25, 0.3) is 5.69 Å². The van der Waals surface area contributed by atoms with E-state index >= 15 is 0 Å². The minimum absolute atomic E-state index is 0.173. The largest absolute Gasteiger partial charge is 0.493 e. The van der Waals surface area contributed by atoms with Crippen molar-refractivity contribution in [2.75, 3.05) is 0 Å². The fraction of sp³-hybridized carbons (Fsp3) is 0.105. The van der Waals surface area contributed by atoms with Crippen molar-refractivity contribution in [1.82, 2.24) is 9.55 Å². The normalized spacial score (nSPS) is 11.2. The van der Waals surface area contributed by atoms with Gasteiger partial charge in [0.15, 0.2) is 0 Å². The quantitative estimate of drug-likeness (QED) is 0.710. The first-order chi connectivity index (χ1) is 12.3. The van der Waals surface area contributed by atoms with E-state index < -0.39 is 22.9 Å². The second-order valence-electron chi connectivity index (χ2n) is 5.91. The molecule has 0 amide bonds. The lowest BCUT2D eigenvalue weighted by Gasteiger charge is -2.11. The molecule has 2 N–H and O–H groups in total. The van der Waals surface area contributed by atoms with Crippen molar-refractivity contribution in [2.24, 2.45) is 4.99 Å². The Morgan fingerprint density at radius 2 is 1.69 bits per heavy atom. The van der Waals surface area contributed by atoms with Crippen LogP contribution in [-0.4, -0.2) is 20.9 Å². The zero-order valence-electron chi connectivity index (χ0n) is 14.2. The Balaban J connectivity index is 2.14. The molecular weight excluding hydrogens is 337 g/mol. The molecule has 0 unspecified atom stereocenters. The van der Waals surface area contributed by atoms with Crippen LogP contribution in [0, 0.1) is 19.7 Å². The lowest BCUT2D eigenvalue weighted by Crippen LogP contribution is -2.31. The highest BCUT2D eigenvalue weighted by molar-refractivity contribution is 5.84. The number of aryl methyl sites for hydroxylation is 2. The van der Waals surface area contributed by atoms with E-state index in [0.717, 1.165) is 21.9 Å². The number of aromatic nitrogens is 2. The molecule has 1 heterocycles. The van der Waals surface area contributed by atoms with E-state index in [9.17, 15) is 19.1 Å². The molecule has 0 radical (unpaired) electrons. The minimum atomic E-state index is -0.765. The van der Waals surface area contributed by atoms with Crippen LogP contribution in [0.5, 0.6) is 5.88 Å². The maximum atomic E-state index is 12.9. The van der Waals surface area contributed by atoms with Gasteiger partial charge in [0.05, 0.1) is 11.4 Å². The number of aliphatic imine (C=N–C) groups is 1. The first-order valence-electron chi connectivity index (χ1n) is 7.82. The highest BCUT2D eigenvalue weighted by Crippen LogP contribution is 2.19. The van der Waals surface area contributed by atoms with Crippen molar-refractivity contribution in [3.05, 3.63) is 85.8 Å². The molecule has 0 spiro atoms. The predicted octanol–water partition coefficient (Wildman–Crippen LogP) is 2.74. The number of aromatic hydroxyl groups is 1. The van der Waals surface area contributed by atoms with Gasteiger partial charge in [-0.25, -0.2) is 13.8 Å². The zero-order chi connectivity index (χ0) is 18.8. The number of nitrogens with zero attached hydrogens (tertiary/aromatic N) is 2. The molecule has 0 saturated carbocycles. The van der Waals surface area contributed by atoms with Gasteiger partial charge in [0.1, 0.15) is 11.4 Å². The monoisotopic (exact) mass is 353 g/mol. The molecule has 0 saturated heterocycles. The average Bonchev–Trinajstić information content (AvgIpc) is 2.55. The highest BCUT2D eigenvalue weighted by Gasteiger charge is 2.14. The molecule has 2 aromatic carbocycles. The zero-order valence-corrected chi connectivity index (χ0v) is 14.2. The lowest BCUT2D eigenvalue weighted by molar-refractivity contribution is 0.430. The summed E-state index contributed by atoms with van der Waals surface area (Å²) in [4.78, 5) is 30.5. The second-order valence-corrected chi connectivity index (χ2v) is 5.91. The third-order valence-electron chi connectivity index (χ3n) is 3.75. The lowest BCUT2D eigenvalue weighted by atomic mass is 10.1. The Morgan fingerprint density at radius 1 is 1.08 bits per heavy atom. The first-order valence-corrected chi connectivity index (χ1v) is 7.82. The van der Waals surface area contributed by atoms with Gasteiger partial charge in [0, 0.05) is 6.21 Å². The number of nitrogens with one attached hydrogen (secondary N) is 1. The molecule has 0 fully saturated rings. The molecule has 1 aromatic heterocycles. The summed E-state index contributed by atoms with van der Waals surface area (Å²) in [6.45, 7) is 3.72. The number of rotatable bonds is 3. The van der Waals surface area contributed by atoms with E-state index in [-0.39, 0.29) is 5.56 Å². The third kappa shape index (κ3) is 3.46. The van der Waals surface area contributed by atoms with Crippen molar-refractivity contribution in [3.8, 4) is 11.6 Å². The Labute approximate surface area is 147 Å². The van der Waals surface area contributed by atoms with Crippen molar-refractivity contribution < 1.29 is 9.50 Å². The molecule has 132 valence electrons. The summed E-state index contributed by atoms with van der Waals surface area (Å²) >= 11 is 0. The number of aromatic amines is 1. The van der Waals surface area contributed by atoms with Gasteiger partial charge in [-0.2, -0.15) is 0 Å². The second kappa shape index (κ2) is 6.79. The third-order valence-corrected chi connectivity index (χ3v) is 3.75. The SMILES string of the molecule is Cc1cc(C)cc(-n2c(O)c(C=Nc3ccc(F)cc3)c(=O)[nH]c2=O)c1. The summed E-state index contributed by atoms with van der Waals surface area (Å²) in [7, 11) is 0. The topological polar surface area (TPSA) is 87.4 Å². The number of H-pyrrole nitrogens is 1. The van der Waals surface area contributed by atoms with Crippen LogP contribution in [0.15, 0.2) is 57.0 Å². The number of halogens is 1. The van der Waals surface area contributed by atoms with E-state index in [1.165, 1.54) is 24.3 Å². The standard InChI is InChI=1S/C19H16FN3O3/c1-11-7-12(2)9-15(8-11)23-18(25)16(17(24)22-19(23)26)10-21-14-5-3-13(20)4-6-14/h3-10,25H,1-2H3,(H,22,24,26). The van der Waals surface area contributed by atoms with E-state index in [2.05, 4.69) is 9.98 Å². The van der Waals surface area contributed by atoms with Crippen LogP contribution in [0.2, 0.25) is 0 Å². The van der Waals surface area contributed by atoms with Crippen LogP contribution >= 0.6 is 0 Å². The van der Waals surface area contributed by atoms with Crippen molar-refractivity contribution in [3.63, 3.8) is 0 Å². The van der Waals surface area contributed by atoms with Gasteiger partial charge in [0.25, 0.3) is 5.56 Å². The van der Waals surface area contributed by atoms with E-state index in [0.29, 0.717) is 11.4 Å². The molecule has 0 aliphatic heterocycles. The van der Waals surface area contributed by atoms with E-state index in [1.54, 1.807) is 12.1 Å². The molecule has 0 aliphatic rings. The van der Waals surface area contributed by atoms with Gasteiger partial charge in [-0.3, -0.25) is 14.8 Å². The smallest absolute Gasteiger partial charge is 0.335 e. The summed E-state index contributed by atoms with van der Waals surface area (Å²) in [6, 6.07) is 10.7. The predicted molar refractivity (Wildman–Crippen MR) is 97.5 cm³/mol. The number of benzene rings is 2. The molecule has 3 rings (SSSR count). The molecule has 7 heteroatoms. The minimum Gasteiger partial charge on any atom is -0.493 e. The Kier molecular flexibility index (Phi) is 4.53. The fourth-order valence-electron chi connectivity index (χ4n) is 2.64. The molecular formula is C19H16FN3O3. The fourth-order valence-corrected chi connectivity index (χ4v) is 2.64. The van der Waals surface area contributed by atoms with Gasteiger partial charge >= 0.3 is 5.69 Å². The van der Waals surface area contributed by atoms with Gasteiger partial charge in [-0.1, -0.05) is 6.07 Å². The van der Waals surface area contributed by atoms with Crippen LogP contribution in [-0.2, 0) is 0 Å². The summed E-state index contributed by atoms with van der Waals surface area (Å²) in [5, 5.41) is 10.5. The molecule has 0 bridgehead atoms. The summed E-state index contributed by atoms with van der Waals surface area (Å²) in [6.07, 6.45) is 1.14. The average molecular weight is 353 g/mol. The number of hydrogen-bond donors (Lipinski definition) is 2. The van der Waals surface area contributed by atoms with Crippen LogP contribution in [0.1, 0.15) is 16.7 Å². The van der Waals surface area contributed by atoms with Gasteiger partial charge in [0.2, 0.25) is 5.88 Å². The number of hydrogen-bond acceptors (Lipinski definition) is 4. The molecule has 3 aromatic rings. The summed E-state index contributed by atoms with van der Waals surface area (Å²) in [5.74, 6) is -0.928. The Bertz CT molecular complexity index is 1090. The molecule has 26 heavy (non-hydrogen) atoms. The van der Waals surface area contributed by atoms with Gasteiger partial charge in [-0.05, 0) is 61.4 Å². The van der Waals surface area contributed by atoms with Crippen LogP contribution in [0.3, 0.4) is 0 Å². The summed E-state index contributed by atoms with van der Waals surface area (Å²) in [5.41, 5.74) is 0.939.